The number of halogens is 1. The standard InChI is InChI=1S/C12H16ClN3/c13-11-4-1-3-10(9-11)5-8-16-12-14-6-2-7-15-12/h1,3-4,9H,2,5-8H2,(H2,14,15,16). The van der Waals surface area contributed by atoms with E-state index in [4.69, 9.17) is 11.6 Å². The molecule has 1 aliphatic rings. The number of rotatable bonds is 3. The predicted molar refractivity (Wildman–Crippen MR) is 68.1 cm³/mol. The summed E-state index contributed by atoms with van der Waals surface area (Å²) < 4.78 is 0. The fourth-order valence-electron chi connectivity index (χ4n) is 1.67. The summed E-state index contributed by atoms with van der Waals surface area (Å²) in [5.74, 6) is 0.924. The first-order valence-electron chi connectivity index (χ1n) is 5.61. The van der Waals surface area contributed by atoms with E-state index in [0.29, 0.717) is 0 Å². The van der Waals surface area contributed by atoms with Gasteiger partial charge in [-0.1, -0.05) is 23.7 Å². The second-order valence-electron chi connectivity index (χ2n) is 3.82. The van der Waals surface area contributed by atoms with Crippen LogP contribution in [0.1, 0.15) is 12.0 Å². The molecular formula is C12H16ClN3. The van der Waals surface area contributed by atoms with E-state index in [1.54, 1.807) is 0 Å². The fraction of sp³-hybridized carbons (Fsp3) is 0.417. The SMILES string of the molecule is Clc1cccc(CCNC2=NCCCN2)c1. The molecule has 0 spiro atoms. The molecule has 0 bridgehead atoms. The molecule has 2 rings (SSSR count). The lowest BCUT2D eigenvalue weighted by atomic mass is 10.1. The van der Waals surface area contributed by atoms with Crippen molar-refractivity contribution in [3.8, 4) is 0 Å². The molecule has 1 aliphatic heterocycles. The first-order chi connectivity index (χ1) is 7.84. The molecule has 0 saturated carbocycles. The third-order valence-electron chi connectivity index (χ3n) is 2.49. The maximum atomic E-state index is 5.92. The summed E-state index contributed by atoms with van der Waals surface area (Å²) in [6.45, 7) is 2.82. The second-order valence-corrected chi connectivity index (χ2v) is 4.25. The summed E-state index contributed by atoms with van der Waals surface area (Å²) in [5.41, 5.74) is 1.25. The largest absolute Gasteiger partial charge is 0.356 e. The summed E-state index contributed by atoms with van der Waals surface area (Å²) in [7, 11) is 0. The van der Waals surface area contributed by atoms with Crippen LogP contribution in [0.5, 0.6) is 0 Å². The van der Waals surface area contributed by atoms with E-state index < -0.39 is 0 Å². The van der Waals surface area contributed by atoms with E-state index >= 15 is 0 Å². The van der Waals surface area contributed by atoms with Crippen LogP contribution in [-0.4, -0.2) is 25.6 Å². The predicted octanol–water partition coefficient (Wildman–Crippen LogP) is 1.82. The minimum absolute atomic E-state index is 0.797. The van der Waals surface area contributed by atoms with Gasteiger partial charge in [0, 0.05) is 24.7 Å². The van der Waals surface area contributed by atoms with Crippen molar-refractivity contribution in [2.24, 2.45) is 4.99 Å². The van der Waals surface area contributed by atoms with Gasteiger partial charge in [-0.25, -0.2) is 0 Å². The molecule has 0 unspecified atom stereocenters. The van der Waals surface area contributed by atoms with Crippen molar-refractivity contribution in [1.82, 2.24) is 10.6 Å². The minimum Gasteiger partial charge on any atom is -0.356 e. The molecule has 16 heavy (non-hydrogen) atoms. The van der Waals surface area contributed by atoms with Crippen LogP contribution in [0.2, 0.25) is 5.02 Å². The van der Waals surface area contributed by atoms with Crippen molar-refractivity contribution in [2.75, 3.05) is 19.6 Å². The van der Waals surface area contributed by atoms with E-state index in [-0.39, 0.29) is 0 Å². The summed E-state index contributed by atoms with van der Waals surface area (Å²) in [5, 5.41) is 7.31. The van der Waals surface area contributed by atoms with Gasteiger partial charge in [-0.2, -0.15) is 0 Å². The van der Waals surface area contributed by atoms with Gasteiger partial charge in [0.15, 0.2) is 5.96 Å². The molecule has 0 fully saturated rings. The maximum Gasteiger partial charge on any atom is 0.191 e. The van der Waals surface area contributed by atoms with Crippen LogP contribution in [-0.2, 0) is 6.42 Å². The molecule has 3 nitrogen and oxygen atoms in total. The molecule has 1 aromatic rings. The molecule has 2 N–H and O–H groups in total. The second kappa shape index (κ2) is 5.75. The third-order valence-corrected chi connectivity index (χ3v) is 2.73. The van der Waals surface area contributed by atoms with Gasteiger partial charge >= 0.3 is 0 Å². The van der Waals surface area contributed by atoms with E-state index in [2.05, 4.69) is 21.7 Å². The Hall–Kier alpha value is -1.22. The van der Waals surface area contributed by atoms with Gasteiger partial charge < -0.3 is 10.6 Å². The Labute approximate surface area is 101 Å². The monoisotopic (exact) mass is 237 g/mol. The van der Waals surface area contributed by atoms with Crippen LogP contribution in [0.25, 0.3) is 0 Å². The highest BCUT2D eigenvalue weighted by Crippen LogP contribution is 2.10. The molecule has 0 amide bonds. The normalized spacial score (nSPS) is 15.2. The molecule has 0 aromatic heterocycles. The molecule has 1 aromatic carbocycles. The Morgan fingerprint density at radius 1 is 1.44 bits per heavy atom. The molecule has 4 heteroatoms. The first kappa shape index (κ1) is 11.3. The summed E-state index contributed by atoms with van der Waals surface area (Å²) >= 11 is 5.92. The topological polar surface area (TPSA) is 36.4 Å². The molecule has 1 heterocycles. The Balaban J connectivity index is 1.77. The summed E-state index contributed by atoms with van der Waals surface area (Å²) in [4.78, 5) is 4.35. The molecule has 0 aliphatic carbocycles. The van der Waals surface area contributed by atoms with E-state index in [0.717, 1.165) is 43.5 Å². The van der Waals surface area contributed by atoms with Crippen LogP contribution in [0.15, 0.2) is 29.3 Å². The first-order valence-corrected chi connectivity index (χ1v) is 5.99. The van der Waals surface area contributed by atoms with Crippen LogP contribution in [0.4, 0.5) is 0 Å². The van der Waals surface area contributed by atoms with Gasteiger partial charge in [0.05, 0.1) is 0 Å². The maximum absolute atomic E-state index is 5.92. The lowest BCUT2D eigenvalue weighted by molar-refractivity contribution is 0.700. The van der Waals surface area contributed by atoms with Crippen molar-refractivity contribution >= 4 is 17.6 Å². The number of hydrogen-bond acceptors (Lipinski definition) is 3. The van der Waals surface area contributed by atoms with Crippen molar-refractivity contribution in [3.05, 3.63) is 34.9 Å². The van der Waals surface area contributed by atoms with Crippen LogP contribution in [0, 0.1) is 0 Å². The van der Waals surface area contributed by atoms with Crippen LogP contribution >= 0.6 is 11.6 Å². The smallest absolute Gasteiger partial charge is 0.191 e. The zero-order valence-electron chi connectivity index (χ0n) is 9.17. The van der Waals surface area contributed by atoms with Gasteiger partial charge in [0.2, 0.25) is 0 Å². The molecule has 86 valence electrons. The van der Waals surface area contributed by atoms with Crippen molar-refractivity contribution in [1.29, 1.82) is 0 Å². The number of nitrogens with zero attached hydrogens (tertiary/aromatic N) is 1. The highest BCUT2D eigenvalue weighted by Gasteiger charge is 2.02. The van der Waals surface area contributed by atoms with Crippen molar-refractivity contribution < 1.29 is 0 Å². The van der Waals surface area contributed by atoms with Gasteiger partial charge in [-0.3, -0.25) is 4.99 Å². The molecule has 0 saturated heterocycles. The van der Waals surface area contributed by atoms with Crippen LogP contribution < -0.4 is 10.6 Å². The Kier molecular flexibility index (Phi) is 4.05. The number of benzene rings is 1. The van der Waals surface area contributed by atoms with E-state index in [9.17, 15) is 0 Å². The van der Waals surface area contributed by atoms with E-state index in [1.165, 1.54) is 5.56 Å². The lowest BCUT2D eigenvalue weighted by Gasteiger charge is -2.15. The average molecular weight is 238 g/mol. The third kappa shape index (κ3) is 3.42. The quantitative estimate of drug-likeness (QED) is 0.842. The van der Waals surface area contributed by atoms with Gasteiger partial charge in [-0.05, 0) is 30.5 Å². The number of guanidine groups is 1. The average Bonchev–Trinajstić information content (AvgIpc) is 2.30. The summed E-state index contributed by atoms with van der Waals surface area (Å²) in [6, 6.07) is 7.96. The van der Waals surface area contributed by atoms with Crippen molar-refractivity contribution in [2.45, 2.75) is 12.8 Å². The van der Waals surface area contributed by atoms with Gasteiger partial charge in [0.1, 0.15) is 0 Å². The van der Waals surface area contributed by atoms with Gasteiger partial charge in [-0.15, -0.1) is 0 Å². The Morgan fingerprint density at radius 3 is 3.12 bits per heavy atom. The molecular weight excluding hydrogens is 222 g/mol. The highest BCUT2D eigenvalue weighted by atomic mass is 35.5. The van der Waals surface area contributed by atoms with E-state index in [1.807, 2.05) is 18.2 Å². The Morgan fingerprint density at radius 2 is 2.38 bits per heavy atom. The zero-order valence-corrected chi connectivity index (χ0v) is 9.93. The highest BCUT2D eigenvalue weighted by molar-refractivity contribution is 6.30. The minimum atomic E-state index is 0.797. The number of aliphatic imine (C=N–C) groups is 1. The Bertz CT molecular complexity index is 376. The summed E-state index contributed by atoms with van der Waals surface area (Å²) in [6.07, 6.45) is 2.08. The number of hydrogen-bond donors (Lipinski definition) is 2. The molecule has 0 atom stereocenters. The van der Waals surface area contributed by atoms with Gasteiger partial charge in [0.25, 0.3) is 0 Å². The van der Waals surface area contributed by atoms with Crippen molar-refractivity contribution in [3.63, 3.8) is 0 Å². The number of nitrogens with one attached hydrogen (secondary N) is 2. The lowest BCUT2D eigenvalue weighted by Crippen LogP contribution is -2.41. The fourth-order valence-corrected chi connectivity index (χ4v) is 1.88. The van der Waals surface area contributed by atoms with Crippen LogP contribution in [0.3, 0.4) is 0 Å². The zero-order chi connectivity index (χ0) is 11.2. The molecule has 0 radical (unpaired) electrons.